The lowest BCUT2D eigenvalue weighted by Gasteiger charge is -2.11. The molecule has 2 aromatic carbocycles. The molecule has 0 aliphatic rings. The normalized spacial score (nSPS) is 11.3. The summed E-state index contributed by atoms with van der Waals surface area (Å²) in [4.78, 5) is 12.3. The highest BCUT2D eigenvalue weighted by molar-refractivity contribution is 7.89. The maximum atomic E-state index is 12.4. The number of amides is 1. The second-order valence-corrected chi connectivity index (χ2v) is 7.71. The Labute approximate surface area is 149 Å². The van der Waals surface area contributed by atoms with Gasteiger partial charge in [-0.05, 0) is 55.2 Å². The van der Waals surface area contributed by atoms with Crippen molar-refractivity contribution in [2.24, 2.45) is 0 Å². The second kappa shape index (κ2) is 8.27. The lowest BCUT2D eigenvalue weighted by atomic mass is 10.1. The zero-order valence-corrected chi connectivity index (χ0v) is 15.6. The van der Waals surface area contributed by atoms with Crippen molar-refractivity contribution in [2.45, 2.75) is 32.1 Å². The molecule has 0 bridgehead atoms. The quantitative estimate of drug-likeness (QED) is 0.745. The predicted molar refractivity (Wildman–Crippen MR) is 99.3 cm³/mol. The Morgan fingerprint density at radius 3 is 2.32 bits per heavy atom. The van der Waals surface area contributed by atoms with Crippen molar-refractivity contribution in [1.82, 2.24) is 10.0 Å². The highest BCUT2D eigenvalue weighted by atomic mass is 32.2. The van der Waals surface area contributed by atoms with Crippen LogP contribution in [0.5, 0.6) is 0 Å². The van der Waals surface area contributed by atoms with Gasteiger partial charge in [0.1, 0.15) is 0 Å². The van der Waals surface area contributed by atoms with Gasteiger partial charge in [0, 0.05) is 18.7 Å². The highest BCUT2D eigenvalue weighted by Crippen LogP contribution is 2.16. The lowest BCUT2D eigenvalue weighted by Crippen LogP contribution is -2.35. The Bertz CT molecular complexity index is 843. The minimum atomic E-state index is -3.59. The Morgan fingerprint density at radius 1 is 1.00 bits per heavy atom. The van der Waals surface area contributed by atoms with Crippen molar-refractivity contribution in [2.75, 3.05) is 13.1 Å². The highest BCUT2D eigenvalue weighted by Gasteiger charge is 2.16. The molecule has 134 valence electrons. The molecule has 1 amide bonds. The number of carbonyl (C=O) groups excluding carboxylic acids is 1. The molecule has 0 aliphatic heterocycles. The number of carbonyl (C=O) groups is 1. The largest absolute Gasteiger partial charge is 0.351 e. The molecule has 6 heteroatoms. The fraction of sp³-hybridized carbons (Fsp3) is 0.316. The summed E-state index contributed by atoms with van der Waals surface area (Å²) in [6, 6.07) is 12.7. The summed E-state index contributed by atoms with van der Waals surface area (Å²) in [6.07, 6.45) is 0.919. The molecule has 0 heterocycles. The second-order valence-electron chi connectivity index (χ2n) is 5.97. The van der Waals surface area contributed by atoms with E-state index in [1.807, 2.05) is 25.1 Å². The first kappa shape index (κ1) is 19.1. The molecule has 0 aromatic heterocycles. The monoisotopic (exact) mass is 360 g/mol. The van der Waals surface area contributed by atoms with Crippen molar-refractivity contribution in [3.63, 3.8) is 0 Å². The molecule has 2 N–H and O–H groups in total. The van der Waals surface area contributed by atoms with Crippen LogP contribution in [0.2, 0.25) is 0 Å². The maximum absolute atomic E-state index is 12.4. The van der Waals surface area contributed by atoms with Crippen molar-refractivity contribution in [3.05, 3.63) is 64.7 Å². The molecule has 0 saturated heterocycles. The molecule has 0 unspecified atom stereocenters. The molecule has 0 radical (unpaired) electrons. The number of rotatable bonds is 7. The maximum Gasteiger partial charge on any atom is 0.251 e. The summed E-state index contributed by atoms with van der Waals surface area (Å²) in [6.45, 7) is 6.02. The van der Waals surface area contributed by atoms with Crippen LogP contribution in [-0.4, -0.2) is 27.4 Å². The minimum absolute atomic E-state index is 0.133. The van der Waals surface area contributed by atoms with Crippen molar-refractivity contribution >= 4 is 15.9 Å². The van der Waals surface area contributed by atoms with Crippen LogP contribution in [0.25, 0.3) is 0 Å². The van der Waals surface area contributed by atoms with E-state index in [2.05, 4.69) is 17.0 Å². The Kier molecular flexibility index (Phi) is 6.33. The lowest BCUT2D eigenvalue weighted by molar-refractivity contribution is 0.0954. The van der Waals surface area contributed by atoms with Gasteiger partial charge < -0.3 is 5.32 Å². The molecular formula is C19H24N2O3S. The van der Waals surface area contributed by atoms with E-state index in [-0.39, 0.29) is 23.9 Å². The average molecular weight is 360 g/mol. The third-order valence-corrected chi connectivity index (χ3v) is 5.56. The summed E-state index contributed by atoms with van der Waals surface area (Å²) in [5.74, 6) is -0.214. The van der Waals surface area contributed by atoms with E-state index in [0.717, 1.165) is 17.5 Å². The summed E-state index contributed by atoms with van der Waals surface area (Å²) in [5.41, 5.74) is 3.31. The van der Waals surface area contributed by atoms with Gasteiger partial charge in [-0.3, -0.25) is 4.79 Å². The van der Waals surface area contributed by atoms with Crippen LogP contribution in [0.4, 0.5) is 0 Å². The summed E-state index contributed by atoms with van der Waals surface area (Å²) in [5, 5.41) is 2.72. The van der Waals surface area contributed by atoms with E-state index >= 15 is 0 Å². The van der Waals surface area contributed by atoms with E-state index in [0.29, 0.717) is 11.1 Å². The number of aryl methyl sites for hydroxylation is 3. The number of sulfonamides is 1. The SMILES string of the molecule is CCc1ccc(C(=O)NCCNS(=O)(=O)c2cc(C)ccc2C)cc1. The molecular weight excluding hydrogens is 336 g/mol. The van der Waals surface area contributed by atoms with Gasteiger partial charge in [-0.1, -0.05) is 31.2 Å². The van der Waals surface area contributed by atoms with Gasteiger partial charge in [-0.2, -0.15) is 0 Å². The first-order chi connectivity index (χ1) is 11.8. The molecule has 0 spiro atoms. The minimum Gasteiger partial charge on any atom is -0.351 e. The standard InChI is InChI=1S/C19H24N2O3S/c1-4-16-7-9-17(10-8-16)19(22)20-11-12-21-25(23,24)18-13-14(2)5-6-15(18)3/h5-10,13,21H,4,11-12H2,1-3H3,(H,20,22). The van der Waals surface area contributed by atoms with Gasteiger partial charge in [0.25, 0.3) is 5.91 Å². The number of hydrogen-bond acceptors (Lipinski definition) is 3. The topological polar surface area (TPSA) is 75.3 Å². The van der Waals surface area contributed by atoms with Gasteiger partial charge in [0.15, 0.2) is 0 Å². The van der Waals surface area contributed by atoms with Crippen molar-refractivity contribution in [3.8, 4) is 0 Å². The van der Waals surface area contributed by atoms with Gasteiger partial charge in [0.05, 0.1) is 4.90 Å². The molecule has 5 nitrogen and oxygen atoms in total. The third kappa shape index (κ3) is 5.14. The Balaban J connectivity index is 1.89. The van der Waals surface area contributed by atoms with Crippen LogP contribution in [0.15, 0.2) is 47.4 Å². The first-order valence-corrected chi connectivity index (χ1v) is 9.76. The fourth-order valence-electron chi connectivity index (χ4n) is 2.43. The van der Waals surface area contributed by atoms with Crippen LogP contribution < -0.4 is 10.0 Å². The summed E-state index contributed by atoms with van der Waals surface area (Å²) >= 11 is 0. The summed E-state index contributed by atoms with van der Waals surface area (Å²) < 4.78 is 27.3. The molecule has 0 fully saturated rings. The van der Waals surface area contributed by atoms with E-state index in [4.69, 9.17) is 0 Å². The molecule has 2 rings (SSSR count). The van der Waals surface area contributed by atoms with E-state index < -0.39 is 10.0 Å². The van der Waals surface area contributed by atoms with Crippen LogP contribution in [0, 0.1) is 13.8 Å². The van der Waals surface area contributed by atoms with Crippen LogP contribution in [-0.2, 0) is 16.4 Å². The first-order valence-electron chi connectivity index (χ1n) is 8.27. The van der Waals surface area contributed by atoms with Crippen molar-refractivity contribution < 1.29 is 13.2 Å². The number of hydrogen-bond donors (Lipinski definition) is 2. The van der Waals surface area contributed by atoms with Gasteiger partial charge in [0.2, 0.25) is 10.0 Å². The van der Waals surface area contributed by atoms with Gasteiger partial charge in [-0.15, -0.1) is 0 Å². The number of benzene rings is 2. The zero-order valence-electron chi connectivity index (χ0n) is 14.8. The van der Waals surface area contributed by atoms with Gasteiger partial charge >= 0.3 is 0 Å². The smallest absolute Gasteiger partial charge is 0.251 e. The molecule has 25 heavy (non-hydrogen) atoms. The zero-order chi connectivity index (χ0) is 18.4. The Hall–Kier alpha value is -2.18. The van der Waals surface area contributed by atoms with Gasteiger partial charge in [-0.25, -0.2) is 13.1 Å². The molecule has 0 atom stereocenters. The average Bonchev–Trinajstić information content (AvgIpc) is 2.60. The van der Waals surface area contributed by atoms with Crippen LogP contribution in [0.3, 0.4) is 0 Å². The van der Waals surface area contributed by atoms with Crippen LogP contribution in [0.1, 0.15) is 34.0 Å². The molecule has 0 aliphatic carbocycles. The molecule has 2 aromatic rings. The van der Waals surface area contributed by atoms with E-state index in [1.54, 1.807) is 31.2 Å². The predicted octanol–water partition coefficient (Wildman–Crippen LogP) is 2.57. The Morgan fingerprint density at radius 2 is 1.68 bits per heavy atom. The fourth-order valence-corrected chi connectivity index (χ4v) is 3.79. The summed E-state index contributed by atoms with van der Waals surface area (Å²) in [7, 11) is -3.59. The van der Waals surface area contributed by atoms with Crippen molar-refractivity contribution in [1.29, 1.82) is 0 Å². The van der Waals surface area contributed by atoms with E-state index in [1.165, 1.54) is 0 Å². The number of nitrogens with one attached hydrogen (secondary N) is 2. The van der Waals surface area contributed by atoms with E-state index in [9.17, 15) is 13.2 Å². The molecule has 0 saturated carbocycles. The van der Waals surface area contributed by atoms with Crippen LogP contribution >= 0.6 is 0 Å². The third-order valence-electron chi connectivity index (χ3n) is 3.96.